The van der Waals surface area contributed by atoms with E-state index < -0.39 is 5.63 Å². The Balaban J connectivity index is 1.48. The molecule has 0 aliphatic rings. The van der Waals surface area contributed by atoms with E-state index in [1.54, 1.807) is 19.2 Å². The third-order valence-electron chi connectivity index (χ3n) is 5.13. The lowest BCUT2D eigenvalue weighted by molar-refractivity contribution is -0.121. The number of halogens is 1. The molecule has 0 aliphatic heterocycles. The topological polar surface area (TPSA) is 77.8 Å². The van der Waals surface area contributed by atoms with E-state index in [2.05, 4.69) is 5.32 Å². The van der Waals surface area contributed by atoms with Crippen LogP contribution in [0.1, 0.15) is 29.5 Å². The summed E-state index contributed by atoms with van der Waals surface area (Å²) in [4.78, 5) is 24.6. The fraction of sp³-hybridized carbons (Fsp3) is 0.333. The molecule has 0 saturated carbocycles. The summed E-state index contributed by atoms with van der Waals surface area (Å²) in [5.74, 6) is 1.29. The SMILES string of the molecule is COc1ccc2c(C)c(CCC(=O)NCCCOc3ccc(Cl)cc3C)c(=O)oc2c1. The van der Waals surface area contributed by atoms with E-state index in [1.165, 1.54) is 0 Å². The van der Waals surface area contributed by atoms with Crippen LogP contribution in [-0.2, 0) is 11.2 Å². The number of carbonyl (C=O) groups excluding carboxylic acids is 1. The van der Waals surface area contributed by atoms with E-state index in [9.17, 15) is 9.59 Å². The lowest BCUT2D eigenvalue weighted by Crippen LogP contribution is -2.26. The van der Waals surface area contributed by atoms with Crippen LogP contribution in [0.25, 0.3) is 11.0 Å². The van der Waals surface area contributed by atoms with Crippen LogP contribution >= 0.6 is 11.6 Å². The van der Waals surface area contributed by atoms with E-state index in [0.717, 1.165) is 22.3 Å². The average Bonchev–Trinajstić information content (AvgIpc) is 2.74. The van der Waals surface area contributed by atoms with Gasteiger partial charge in [-0.2, -0.15) is 0 Å². The second kappa shape index (κ2) is 10.4. The van der Waals surface area contributed by atoms with Crippen LogP contribution in [0.3, 0.4) is 0 Å². The van der Waals surface area contributed by atoms with E-state index >= 15 is 0 Å². The highest BCUT2D eigenvalue weighted by Gasteiger charge is 2.13. The van der Waals surface area contributed by atoms with Gasteiger partial charge in [-0.1, -0.05) is 11.6 Å². The Labute approximate surface area is 186 Å². The predicted octanol–water partition coefficient (Wildman–Crippen LogP) is 4.59. The zero-order chi connectivity index (χ0) is 22.4. The van der Waals surface area contributed by atoms with Gasteiger partial charge in [-0.05, 0) is 68.1 Å². The molecule has 0 bridgehead atoms. The normalized spacial score (nSPS) is 10.8. The number of methoxy groups -OCH3 is 1. The molecule has 3 aromatic rings. The highest BCUT2D eigenvalue weighted by Crippen LogP contribution is 2.24. The molecule has 0 unspecified atom stereocenters. The largest absolute Gasteiger partial charge is 0.497 e. The number of carbonyl (C=O) groups is 1. The van der Waals surface area contributed by atoms with Gasteiger partial charge in [-0.25, -0.2) is 4.79 Å². The second-order valence-electron chi connectivity index (χ2n) is 7.32. The Morgan fingerprint density at radius 2 is 1.97 bits per heavy atom. The molecular weight excluding hydrogens is 418 g/mol. The number of hydrogen-bond donors (Lipinski definition) is 1. The Hall–Kier alpha value is -2.99. The summed E-state index contributed by atoms with van der Waals surface area (Å²) >= 11 is 5.94. The van der Waals surface area contributed by atoms with Crippen LogP contribution in [0.2, 0.25) is 5.02 Å². The maximum atomic E-state index is 12.4. The molecule has 0 spiro atoms. The van der Waals surface area contributed by atoms with E-state index in [-0.39, 0.29) is 12.3 Å². The molecular formula is C24H26ClNO5. The minimum atomic E-state index is -0.419. The number of aryl methyl sites for hydroxylation is 2. The third kappa shape index (κ3) is 5.79. The number of amides is 1. The molecule has 7 heteroatoms. The fourth-order valence-electron chi connectivity index (χ4n) is 3.37. The molecule has 1 amide bonds. The molecule has 0 saturated heterocycles. The molecule has 0 aliphatic carbocycles. The predicted molar refractivity (Wildman–Crippen MR) is 121 cm³/mol. The Morgan fingerprint density at radius 3 is 2.71 bits per heavy atom. The number of rotatable bonds is 9. The first-order valence-electron chi connectivity index (χ1n) is 10.1. The number of ether oxygens (including phenoxy) is 2. The first-order valence-corrected chi connectivity index (χ1v) is 10.5. The standard InChI is InChI=1S/C24H26ClNO5/c1-15-13-17(25)5-9-21(15)30-12-4-11-26-23(27)10-8-20-16(2)19-7-6-18(29-3)14-22(19)31-24(20)28/h5-7,9,13-14H,4,8,10-12H2,1-3H3,(H,26,27). The van der Waals surface area contributed by atoms with Gasteiger partial charge in [-0.3, -0.25) is 4.79 Å². The fourth-order valence-corrected chi connectivity index (χ4v) is 3.60. The minimum absolute atomic E-state index is 0.115. The average molecular weight is 444 g/mol. The number of hydrogen-bond acceptors (Lipinski definition) is 5. The quantitative estimate of drug-likeness (QED) is 0.386. The smallest absolute Gasteiger partial charge is 0.339 e. The maximum Gasteiger partial charge on any atom is 0.339 e. The van der Waals surface area contributed by atoms with Crippen LogP contribution in [0, 0.1) is 13.8 Å². The lowest BCUT2D eigenvalue weighted by Gasteiger charge is -2.10. The van der Waals surface area contributed by atoms with E-state index in [4.69, 9.17) is 25.5 Å². The summed E-state index contributed by atoms with van der Waals surface area (Å²) in [5.41, 5.74) is 2.38. The van der Waals surface area contributed by atoms with Crippen LogP contribution in [0.4, 0.5) is 0 Å². The molecule has 0 radical (unpaired) electrons. The van der Waals surface area contributed by atoms with Crippen molar-refractivity contribution >= 4 is 28.5 Å². The van der Waals surface area contributed by atoms with Crippen molar-refractivity contribution in [2.75, 3.05) is 20.3 Å². The van der Waals surface area contributed by atoms with E-state index in [1.807, 2.05) is 38.1 Å². The van der Waals surface area contributed by atoms with Crippen LogP contribution < -0.4 is 20.4 Å². The van der Waals surface area contributed by atoms with Crippen molar-refractivity contribution in [1.29, 1.82) is 0 Å². The lowest BCUT2D eigenvalue weighted by atomic mass is 10.0. The highest BCUT2D eigenvalue weighted by molar-refractivity contribution is 6.30. The minimum Gasteiger partial charge on any atom is -0.497 e. The van der Waals surface area contributed by atoms with E-state index in [0.29, 0.717) is 47.9 Å². The van der Waals surface area contributed by atoms with Crippen molar-refractivity contribution in [2.24, 2.45) is 0 Å². The molecule has 1 heterocycles. The molecule has 0 fully saturated rings. The Kier molecular flexibility index (Phi) is 7.58. The number of fused-ring (bicyclic) bond motifs is 1. The highest BCUT2D eigenvalue weighted by atomic mass is 35.5. The van der Waals surface area contributed by atoms with Crippen molar-refractivity contribution in [2.45, 2.75) is 33.1 Å². The maximum absolute atomic E-state index is 12.4. The van der Waals surface area contributed by atoms with Gasteiger partial charge in [0.1, 0.15) is 17.1 Å². The van der Waals surface area contributed by atoms with Crippen LogP contribution in [0.5, 0.6) is 11.5 Å². The Morgan fingerprint density at radius 1 is 1.16 bits per heavy atom. The molecule has 31 heavy (non-hydrogen) atoms. The van der Waals surface area contributed by atoms with Gasteiger partial charge in [-0.15, -0.1) is 0 Å². The number of nitrogens with one attached hydrogen (secondary N) is 1. The summed E-state index contributed by atoms with van der Waals surface area (Å²) < 4.78 is 16.3. The molecule has 1 N–H and O–H groups in total. The van der Waals surface area contributed by atoms with Crippen LogP contribution in [-0.4, -0.2) is 26.2 Å². The summed E-state index contributed by atoms with van der Waals surface area (Å²) in [6, 6.07) is 10.8. The molecule has 1 aromatic heterocycles. The van der Waals surface area contributed by atoms with Gasteiger partial charge in [0.2, 0.25) is 5.91 Å². The van der Waals surface area contributed by atoms with Gasteiger partial charge >= 0.3 is 5.63 Å². The van der Waals surface area contributed by atoms with Gasteiger partial charge in [0.25, 0.3) is 0 Å². The zero-order valence-corrected chi connectivity index (χ0v) is 18.7. The summed E-state index contributed by atoms with van der Waals surface area (Å²) in [5, 5.41) is 4.38. The van der Waals surface area contributed by atoms with Gasteiger partial charge in [0, 0.05) is 35.0 Å². The summed E-state index contributed by atoms with van der Waals surface area (Å²) in [7, 11) is 1.56. The first-order chi connectivity index (χ1) is 14.9. The first kappa shape index (κ1) is 22.7. The van der Waals surface area contributed by atoms with Crippen molar-refractivity contribution in [3.63, 3.8) is 0 Å². The summed E-state index contributed by atoms with van der Waals surface area (Å²) in [6.45, 7) is 4.79. The summed E-state index contributed by atoms with van der Waals surface area (Å²) in [6.07, 6.45) is 1.21. The monoisotopic (exact) mass is 443 g/mol. The van der Waals surface area contributed by atoms with Gasteiger partial charge < -0.3 is 19.2 Å². The third-order valence-corrected chi connectivity index (χ3v) is 5.37. The van der Waals surface area contributed by atoms with Crippen molar-refractivity contribution < 1.29 is 18.7 Å². The molecule has 0 atom stereocenters. The van der Waals surface area contributed by atoms with Crippen LogP contribution in [0.15, 0.2) is 45.6 Å². The Bertz CT molecular complexity index is 1140. The molecule has 2 aromatic carbocycles. The molecule has 3 rings (SSSR count). The van der Waals surface area contributed by atoms with Crippen molar-refractivity contribution in [1.82, 2.24) is 5.32 Å². The van der Waals surface area contributed by atoms with Gasteiger partial charge in [0.05, 0.1) is 13.7 Å². The van der Waals surface area contributed by atoms with Crippen molar-refractivity contribution in [3.05, 3.63) is 68.5 Å². The van der Waals surface area contributed by atoms with Crippen molar-refractivity contribution in [3.8, 4) is 11.5 Å². The molecule has 164 valence electrons. The molecule has 6 nitrogen and oxygen atoms in total. The number of benzene rings is 2. The second-order valence-corrected chi connectivity index (χ2v) is 7.75. The van der Waals surface area contributed by atoms with Gasteiger partial charge in [0.15, 0.2) is 0 Å². The zero-order valence-electron chi connectivity index (χ0n) is 17.9.